The molecule has 0 atom stereocenters. The maximum atomic E-state index is 12.7. The fourth-order valence-electron chi connectivity index (χ4n) is 3.17. The Bertz CT molecular complexity index is 885. The zero-order valence-corrected chi connectivity index (χ0v) is 17.3. The summed E-state index contributed by atoms with van der Waals surface area (Å²) >= 11 is 0. The summed E-state index contributed by atoms with van der Waals surface area (Å²) in [5, 5.41) is 2.86. The Morgan fingerprint density at radius 3 is 1.93 bits per heavy atom. The Morgan fingerprint density at radius 2 is 1.41 bits per heavy atom. The molecule has 27 heavy (non-hydrogen) atoms. The number of sulfonamides is 1. The van der Waals surface area contributed by atoms with Gasteiger partial charge in [0, 0.05) is 5.69 Å². The molecule has 0 aliphatic carbocycles. The van der Waals surface area contributed by atoms with Crippen molar-refractivity contribution in [3.63, 3.8) is 0 Å². The van der Waals surface area contributed by atoms with E-state index in [4.69, 9.17) is 0 Å². The van der Waals surface area contributed by atoms with Crippen LogP contribution >= 0.6 is 0 Å². The normalized spacial score (nSPS) is 11.3. The molecule has 0 fully saturated rings. The molecule has 1 amide bonds. The van der Waals surface area contributed by atoms with E-state index in [-0.39, 0.29) is 12.5 Å². The van der Waals surface area contributed by atoms with Gasteiger partial charge >= 0.3 is 0 Å². The number of anilines is 2. The van der Waals surface area contributed by atoms with E-state index < -0.39 is 10.0 Å². The lowest BCUT2D eigenvalue weighted by Gasteiger charge is -2.27. The number of amides is 1. The van der Waals surface area contributed by atoms with Crippen molar-refractivity contribution in [2.75, 3.05) is 22.4 Å². The number of nitrogens with one attached hydrogen (secondary N) is 1. The summed E-state index contributed by atoms with van der Waals surface area (Å²) in [6.45, 7) is 5.73. The number of nitrogens with zero attached hydrogens (tertiary/aromatic N) is 1. The molecule has 2 aromatic rings. The van der Waals surface area contributed by atoms with E-state index in [9.17, 15) is 13.2 Å². The third-order valence-corrected chi connectivity index (χ3v) is 5.69. The van der Waals surface area contributed by atoms with Gasteiger partial charge in [-0.15, -0.1) is 0 Å². The number of carbonyl (C=O) groups excluding carboxylic acids is 1. The Balaban J connectivity index is 2.38. The van der Waals surface area contributed by atoms with Gasteiger partial charge in [0.15, 0.2) is 0 Å². The molecule has 146 valence electrons. The number of aryl methyl sites for hydroxylation is 3. The zero-order valence-electron chi connectivity index (χ0n) is 16.5. The van der Waals surface area contributed by atoms with E-state index in [0.29, 0.717) is 18.5 Å². The van der Waals surface area contributed by atoms with E-state index in [2.05, 4.69) is 5.32 Å². The molecular weight excluding hydrogens is 360 g/mol. The van der Waals surface area contributed by atoms with E-state index in [1.54, 1.807) is 0 Å². The largest absolute Gasteiger partial charge is 0.324 e. The number of rotatable bonds is 8. The highest BCUT2D eigenvalue weighted by Gasteiger charge is 2.25. The molecule has 0 spiro atoms. The van der Waals surface area contributed by atoms with Crippen LogP contribution in [0.4, 0.5) is 11.4 Å². The van der Waals surface area contributed by atoms with E-state index >= 15 is 0 Å². The van der Waals surface area contributed by atoms with Crippen molar-refractivity contribution >= 4 is 27.3 Å². The van der Waals surface area contributed by atoms with E-state index in [1.165, 1.54) is 4.31 Å². The summed E-state index contributed by atoms with van der Waals surface area (Å²) in [5.74, 6) is -0.353. The number of hydrogen-bond donors (Lipinski definition) is 1. The maximum Gasteiger partial charge on any atom is 0.245 e. The highest BCUT2D eigenvalue weighted by atomic mass is 32.2. The molecule has 1 N–H and O–H groups in total. The lowest BCUT2D eigenvalue weighted by Crippen LogP contribution is -2.38. The van der Waals surface area contributed by atoms with Crippen molar-refractivity contribution in [2.24, 2.45) is 0 Å². The molecule has 0 aromatic heterocycles. The number of hydrogen-bond acceptors (Lipinski definition) is 3. The first-order chi connectivity index (χ1) is 12.8. The van der Waals surface area contributed by atoms with Crippen LogP contribution in [0.25, 0.3) is 0 Å². The summed E-state index contributed by atoms with van der Waals surface area (Å²) in [5.41, 5.74) is 4.20. The van der Waals surface area contributed by atoms with Gasteiger partial charge in [0.1, 0.15) is 6.54 Å². The van der Waals surface area contributed by atoms with Crippen molar-refractivity contribution in [2.45, 2.75) is 40.0 Å². The molecule has 0 saturated carbocycles. The number of para-hydroxylation sites is 2. The van der Waals surface area contributed by atoms with Crippen LogP contribution in [0.2, 0.25) is 0 Å². The Morgan fingerprint density at radius 1 is 0.889 bits per heavy atom. The minimum Gasteiger partial charge on any atom is -0.324 e. The molecule has 0 heterocycles. The van der Waals surface area contributed by atoms with Gasteiger partial charge in [-0.3, -0.25) is 9.10 Å². The van der Waals surface area contributed by atoms with Crippen molar-refractivity contribution in [1.29, 1.82) is 0 Å². The average Bonchev–Trinajstić information content (AvgIpc) is 2.65. The number of carbonyl (C=O) groups is 1. The van der Waals surface area contributed by atoms with Gasteiger partial charge in [-0.1, -0.05) is 57.2 Å². The molecule has 0 unspecified atom stereocenters. The second kappa shape index (κ2) is 9.04. The quantitative estimate of drug-likeness (QED) is 0.748. The molecule has 5 nitrogen and oxygen atoms in total. The van der Waals surface area contributed by atoms with Crippen LogP contribution in [0, 0.1) is 0 Å². The van der Waals surface area contributed by atoms with Crippen LogP contribution in [0.3, 0.4) is 0 Å². The standard InChI is InChI=1S/C21H28N2O3S/c1-5-16-11-8-9-14-19(16)22-20(24)15-23(27(4,25)26)21-17(6-2)12-10-13-18(21)7-3/h8-14H,5-7,15H2,1-4H3,(H,22,24). The molecule has 2 rings (SSSR count). The third-order valence-electron chi connectivity index (χ3n) is 4.57. The second-order valence-electron chi connectivity index (χ2n) is 6.46. The Kier molecular flexibility index (Phi) is 7.02. The molecule has 0 aliphatic rings. The molecule has 6 heteroatoms. The van der Waals surface area contributed by atoms with Gasteiger partial charge in [0.25, 0.3) is 0 Å². The first-order valence-electron chi connectivity index (χ1n) is 9.28. The fraction of sp³-hybridized carbons (Fsp3) is 0.381. The van der Waals surface area contributed by atoms with Crippen LogP contribution < -0.4 is 9.62 Å². The van der Waals surface area contributed by atoms with E-state index in [1.807, 2.05) is 63.2 Å². The van der Waals surface area contributed by atoms with Crippen LogP contribution in [0.15, 0.2) is 42.5 Å². The van der Waals surface area contributed by atoms with Gasteiger partial charge in [-0.2, -0.15) is 0 Å². The smallest absolute Gasteiger partial charge is 0.245 e. The Labute approximate surface area is 162 Å². The van der Waals surface area contributed by atoms with Crippen molar-refractivity contribution < 1.29 is 13.2 Å². The topological polar surface area (TPSA) is 66.5 Å². The number of benzene rings is 2. The molecule has 0 radical (unpaired) electrons. The highest BCUT2D eigenvalue weighted by Crippen LogP contribution is 2.29. The summed E-state index contributed by atoms with van der Waals surface area (Å²) < 4.78 is 26.3. The SMILES string of the molecule is CCc1ccccc1NC(=O)CN(c1c(CC)cccc1CC)S(C)(=O)=O. The zero-order chi connectivity index (χ0) is 20.0. The fourth-order valence-corrected chi connectivity index (χ4v) is 4.09. The average molecular weight is 389 g/mol. The van der Waals surface area contributed by atoms with Crippen LogP contribution in [0.5, 0.6) is 0 Å². The molecule has 0 bridgehead atoms. The summed E-state index contributed by atoms with van der Waals surface area (Å²) in [7, 11) is -3.61. The summed E-state index contributed by atoms with van der Waals surface area (Å²) in [6, 6.07) is 13.3. The Hall–Kier alpha value is -2.34. The van der Waals surface area contributed by atoms with Gasteiger partial charge in [0.2, 0.25) is 15.9 Å². The van der Waals surface area contributed by atoms with Gasteiger partial charge in [-0.05, 0) is 42.0 Å². The second-order valence-corrected chi connectivity index (χ2v) is 8.37. The first-order valence-corrected chi connectivity index (χ1v) is 11.1. The molecule has 2 aromatic carbocycles. The van der Waals surface area contributed by atoms with Crippen LogP contribution in [-0.2, 0) is 34.1 Å². The molecule has 0 aliphatic heterocycles. The van der Waals surface area contributed by atoms with E-state index in [0.717, 1.165) is 35.1 Å². The summed E-state index contributed by atoms with van der Waals surface area (Å²) in [4.78, 5) is 12.7. The lowest BCUT2D eigenvalue weighted by molar-refractivity contribution is -0.114. The predicted molar refractivity (Wildman–Crippen MR) is 112 cm³/mol. The lowest BCUT2D eigenvalue weighted by atomic mass is 10.0. The maximum absolute atomic E-state index is 12.7. The highest BCUT2D eigenvalue weighted by molar-refractivity contribution is 7.92. The van der Waals surface area contributed by atoms with Gasteiger partial charge in [-0.25, -0.2) is 8.42 Å². The minimum absolute atomic E-state index is 0.249. The third kappa shape index (κ3) is 5.10. The predicted octanol–water partition coefficient (Wildman–Crippen LogP) is 3.78. The van der Waals surface area contributed by atoms with Gasteiger partial charge < -0.3 is 5.32 Å². The molecule has 0 saturated heterocycles. The van der Waals surface area contributed by atoms with Crippen molar-refractivity contribution in [3.05, 3.63) is 59.2 Å². The van der Waals surface area contributed by atoms with Crippen molar-refractivity contribution in [1.82, 2.24) is 0 Å². The monoisotopic (exact) mass is 388 g/mol. The van der Waals surface area contributed by atoms with Crippen LogP contribution in [0.1, 0.15) is 37.5 Å². The minimum atomic E-state index is -3.61. The summed E-state index contributed by atoms with van der Waals surface area (Å²) in [6.07, 6.45) is 3.31. The van der Waals surface area contributed by atoms with Crippen LogP contribution in [-0.4, -0.2) is 27.1 Å². The molecular formula is C21H28N2O3S. The van der Waals surface area contributed by atoms with Crippen molar-refractivity contribution in [3.8, 4) is 0 Å². The van der Waals surface area contributed by atoms with Gasteiger partial charge in [0.05, 0.1) is 11.9 Å². The first kappa shape index (κ1) is 21.0.